The number of amides is 1. The third kappa shape index (κ3) is 5.51. The van der Waals surface area contributed by atoms with Gasteiger partial charge in [0.15, 0.2) is 0 Å². The van der Waals surface area contributed by atoms with Gasteiger partial charge in [0.25, 0.3) is 5.91 Å². The summed E-state index contributed by atoms with van der Waals surface area (Å²) >= 11 is 7.01. The van der Waals surface area contributed by atoms with Crippen molar-refractivity contribution in [3.63, 3.8) is 0 Å². The molecular formula is C12H16ClNO3S. The number of methoxy groups -OCH3 is 1. The van der Waals surface area contributed by atoms with Crippen LogP contribution in [0.4, 0.5) is 0 Å². The van der Waals surface area contributed by atoms with Gasteiger partial charge in [-0.1, -0.05) is 18.0 Å². The standard InChI is InChI=1S/C12H16ClNO3S/c1-17-11(15)5-3-2-4-8-14-12(16)9-6-7-10(13)18-9/h6-7H,2-5,8H2,1H3,(H,14,16). The molecule has 0 unspecified atom stereocenters. The van der Waals surface area contributed by atoms with Gasteiger partial charge in [-0.25, -0.2) is 0 Å². The molecule has 1 aromatic heterocycles. The van der Waals surface area contributed by atoms with Crippen LogP contribution in [0.1, 0.15) is 35.4 Å². The van der Waals surface area contributed by atoms with Crippen molar-refractivity contribution >= 4 is 34.8 Å². The van der Waals surface area contributed by atoms with E-state index >= 15 is 0 Å². The van der Waals surface area contributed by atoms with Crippen LogP contribution in [0.25, 0.3) is 0 Å². The third-order valence-corrected chi connectivity index (χ3v) is 3.60. The first-order chi connectivity index (χ1) is 8.63. The molecule has 0 atom stereocenters. The summed E-state index contributed by atoms with van der Waals surface area (Å²) in [6.45, 7) is 0.607. The monoisotopic (exact) mass is 289 g/mol. The zero-order valence-electron chi connectivity index (χ0n) is 10.2. The number of carbonyl (C=O) groups excluding carboxylic acids is 2. The minimum Gasteiger partial charge on any atom is -0.469 e. The molecule has 1 N–H and O–H groups in total. The molecule has 6 heteroatoms. The lowest BCUT2D eigenvalue weighted by molar-refractivity contribution is -0.140. The summed E-state index contributed by atoms with van der Waals surface area (Å²) in [5.74, 6) is -0.285. The molecule has 1 rings (SSSR count). The number of halogens is 1. The van der Waals surface area contributed by atoms with Gasteiger partial charge >= 0.3 is 5.97 Å². The molecule has 0 fully saturated rings. The van der Waals surface area contributed by atoms with Crippen LogP contribution in [0.3, 0.4) is 0 Å². The first-order valence-electron chi connectivity index (χ1n) is 5.74. The number of hydrogen-bond acceptors (Lipinski definition) is 4. The maximum absolute atomic E-state index is 11.6. The van der Waals surface area contributed by atoms with Gasteiger partial charge in [0, 0.05) is 13.0 Å². The molecule has 1 amide bonds. The predicted molar refractivity (Wildman–Crippen MR) is 72.1 cm³/mol. The van der Waals surface area contributed by atoms with Crippen LogP contribution >= 0.6 is 22.9 Å². The first-order valence-corrected chi connectivity index (χ1v) is 6.93. The Morgan fingerprint density at radius 1 is 1.33 bits per heavy atom. The second-order valence-corrected chi connectivity index (χ2v) is 5.46. The summed E-state index contributed by atoms with van der Waals surface area (Å²) in [4.78, 5) is 23.1. The number of hydrogen-bond donors (Lipinski definition) is 1. The minimum atomic E-state index is -0.188. The summed E-state index contributed by atoms with van der Waals surface area (Å²) in [6.07, 6.45) is 2.96. The highest BCUT2D eigenvalue weighted by Gasteiger charge is 2.07. The molecular weight excluding hydrogens is 274 g/mol. The van der Waals surface area contributed by atoms with Crippen molar-refractivity contribution in [1.29, 1.82) is 0 Å². The lowest BCUT2D eigenvalue weighted by Gasteiger charge is -2.03. The highest BCUT2D eigenvalue weighted by molar-refractivity contribution is 7.17. The van der Waals surface area contributed by atoms with Crippen molar-refractivity contribution < 1.29 is 14.3 Å². The van der Waals surface area contributed by atoms with Crippen molar-refractivity contribution in [3.05, 3.63) is 21.3 Å². The molecule has 0 saturated carbocycles. The van der Waals surface area contributed by atoms with Crippen LogP contribution in [0.5, 0.6) is 0 Å². The van der Waals surface area contributed by atoms with Gasteiger partial charge in [-0.15, -0.1) is 11.3 Å². The quantitative estimate of drug-likeness (QED) is 0.620. The van der Waals surface area contributed by atoms with Crippen molar-refractivity contribution in [1.82, 2.24) is 5.32 Å². The number of unbranched alkanes of at least 4 members (excludes halogenated alkanes) is 2. The molecule has 4 nitrogen and oxygen atoms in total. The Balaban J connectivity index is 2.08. The van der Waals surface area contributed by atoms with Crippen molar-refractivity contribution in [3.8, 4) is 0 Å². The Labute approximate surface area is 115 Å². The highest BCUT2D eigenvalue weighted by Crippen LogP contribution is 2.21. The minimum absolute atomic E-state index is 0.0973. The van der Waals surface area contributed by atoms with Gasteiger partial charge in [0.2, 0.25) is 0 Å². The maximum Gasteiger partial charge on any atom is 0.305 e. The normalized spacial score (nSPS) is 10.1. The molecule has 0 aliphatic heterocycles. The van der Waals surface area contributed by atoms with E-state index in [-0.39, 0.29) is 11.9 Å². The molecule has 0 radical (unpaired) electrons. The summed E-state index contributed by atoms with van der Waals surface area (Å²) < 4.78 is 5.14. The van der Waals surface area contributed by atoms with E-state index in [0.29, 0.717) is 22.2 Å². The molecule has 0 saturated heterocycles. The fourth-order valence-corrected chi connectivity index (χ4v) is 2.36. The van der Waals surface area contributed by atoms with Crippen LogP contribution in [-0.2, 0) is 9.53 Å². The smallest absolute Gasteiger partial charge is 0.305 e. The van der Waals surface area contributed by atoms with Gasteiger partial charge < -0.3 is 10.1 Å². The Morgan fingerprint density at radius 2 is 2.11 bits per heavy atom. The van der Waals surface area contributed by atoms with Crippen molar-refractivity contribution in [2.24, 2.45) is 0 Å². The largest absolute Gasteiger partial charge is 0.469 e. The lowest BCUT2D eigenvalue weighted by Crippen LogP contribution is -2.23. The summed E-state index contributed by atoms with van der Waals surface area (Å²) in [5, 5.41) is 2.81. The summed E-state index contributed by atoms with van der Waals surface area (Å²) in [5.41, 5.74) is 0. The van der Waals surface area contributed by atoms with Crippen molar-refractivity contribution in [2.45, 2.75) is 25.7 Å². The number of thiophene rings is 1. The van der Waals surface area contributed by atoms with Gasteiger partial charge in [0.1, 0.15) is 0 Å². The molecule has 0 spiro atoms. The van der Waals surface area contributed by atoms with Crippen LogP contribution in [0.2, 0.25) is 4.34 Å². The van der Waals surface area contributed by atoms with E-state index in [0.717, 1.165) is 19.3 Å². The summed E-state index contributed by atoms with van der Waals surface area (Å²) in [7, 11) is 1.38. The van der Waals surface area contributed by atoms with E-state index in [1.54, 1.807) is 12.1 Å². The van der Waals surface area contributed by atoms with E-state index in [4.69, 9.17) is 11.6 Å². The Morgan fingerprint density at radius 3 is 2.72 bits per heavy atom. The van der Waals surface area contributed by atoms with Crippen LogP contribution in [0, 0.1) is 0 Å². The van der Waals surface area contributed by atoms with E-state index in [1.165, 1.54) is 18.4 Å². The van der Waals surface area contributed by atoms with E-state index in [2.05, 4.69) is 10.1 Å². The Kier molecular flexibility index (Phi) is 6.75. The van der Waals surface area contributed by atoms with Gasteiger partial charge in [-0.2, -0.15) is 0 Å². The number of nitrogens with one attached hydrogen (secondary N) is 1. The highest BCUT2D eigenvalue weighted by atomic mass is 35.5. The van der Waals surface area contributed by atoms with Crippen molar-refractivity contribution in [2.75, 3.05) is 13.7 Å². The number of rotatable bonds is 7. The van der Waals surface area contributed by atoms with Gasteiger partial charge in [-0.05, 0) is 25.0 Å². The molecule has 0 bridgehead atoms. The van der Waals surface area contributed by atoms with Gasteiger partial charge in [0.05, 0.1) is 16.3 Å². The predicted octanol–water partition coefficient (Wildman–Crippen LogP) is 2.86. The zero-order chi connectivity index (χ0) is 13.4. The van der Waals surface area contributed by atoms with Crippen LogP contribution < -0.4 is 5.32 Å². The second-order valence-electron chi connectivity index (χ2n) is 3.75. The average Bonchev–Trinajstić information content (AvgIpc) is 2.79. The number of esters is 1. The fraction of sp³-hybridized carbons (Fsp3) is 0.500. The van der Waals surface area contributed by atoms with Crippen LogP contribution in [0.15, 0.2) is 12.1 Å². The number of ether oxygens (including phenoxy) is 1. The molecule has 0 aromatic carbocycles. The molecule has 100 valence electrons. The fourth-order valence-electron chi connectivity index (χ4n) is 1.40. The SMILES string of the molecule is COC(=O)CCCCCNC(=O)c1ccc(Cl)s1. The third-order valence-electron chi connectivity index (χ3n) is 2.37. The van der Waals surface area contributed by atoms with E-state index < -0.39 is 0 Å². The lowest BCUT2D eigenvalue weighted by atomic mass is 10.2. The van der Waals surface area contributed by atoms with E-state index in [9.17, 15) is 9.59 Å². The average molecular weight is 290 g/mol. The molecule has 0 aliphatic rings. The Bertz CT molecular complexity index is 406. The maximum atomic E-state index is 11.6. The van der Waals surface area contributed by atoms with E-state index in [1.807, 2.05) is 0 Å². The Hall–Kier alpha value is -1.07. The molecule has 1 aromatic rings. The first kappa shape index (κ1) is 15.0. The van der Waals surface area contributed by atoms with Crippen LogP contribution in [-0.4, -0.2) is 25.5 Å². The molecule has 0 aliphatic carbocycles. The zero-order valence-corrected chi connectivity index (χ0v) is 11.8. The topological polar surface area (TPSA) is 55.4 Å². The summed E-state index contributed by atoms with van der Waals surface area (Å²) in [6, 6.07) is 3.41. The molecule has 1 heterocycles. The second kappa shape index (κ2) is 8.11. The van der Waals surface area contributed by atoms with Gasteiger partial charge in [-0.3, -0.25) is 9.59 Å². The number of carbonyl (C=O) groups is 2. The molecule has 18 heavy (non-hydrogen) atoms.